The van der Waals surface area contributed by atoms with Crippen LogP contribution in [0.15, 0.2) is 78.4 Å². The highest BCUT2D eigenvalue weighted by Crippen LogP contribution is 2.67. The number of fused-ring (bicyclic) bond motifs is 4. The van der Waals surface area contributed by atoms with E-state index >= 15 is 0 Å². The molecule has 10 nitrogen and oxygen atoms in total. The van der Waals surface area contributed by atoms with Gasteiger partial charge in [0.25, 0.3) is 11.8 Å². The van der Waals surface area contributed by atoms with Gasteiger partial charge in [-0.2, -0.15) is 0 Å². The van der Waals surface area contributed by atoms with E-state index in [0.29, 0.717) is 16.8 Å². The van der Waals surface area contributed by atoms with Crippen LogP contribution >= 0.6 is 39.1 Å². The predicted molar refractivity (Wildman–Crippen MR) is 183 cm³/mol. The zero-order chi connectivity index (χ0) is 34.1. The number of halogens is 3. The van der Waals surface area contributed by atoms with E-state index in [2.05, 4.69) is 21.2 Å². The van der Waals surface area contributed by atoms with Crippen molar-refractivity contribution in [3.8, 4) is 17.2 Å². The van der Waals surface area contributed by atoms with Gasteiger partial charge >= 0.3 is 0 Å². The van der Waals surface area contributed by atoms with Gasteiger partial charge in [-0.3, -0.25) is 29.0 Å². The number of aromatic hydroxyl groups is 1. The second-order valence-electron chi connectivity index (χ2n) is 12.3. The predicted octanol–water partition coefficient (Wildman–Crippen LogP) is 6.07. The van der Waals surface area contributed by atoms with Crippen molar-refractivity contribution in [1.29, 1.82) is 0 Å². The number of imide groups is 2. The molecule has 2 saturated heterocycles. The van der Waals surface area contributed by atoms with Crippen LogP contribution in [-0.4, -0.2) is 63.1 Å². The van der Waals surface area contributed by atoms with Gasteiger partial charge in [-0.15, -0.1) is 23.2 Å². The van der Waals surface area contributed by atoms with Crippen molar-refractivity contribution in [2.45, 2.75) is 28.5 Å². The molecular weight excluding hydrogens is 725 g/mol. The van der Waals surface area contributed by atoms with Crippen molar-refractivity contribution in [2.75, 3.05) is 29.9 Å². The zero-order valence-corrected chi connectivity index (χ0v) is 28.9. The Morgan fingerprint density at radius 1 is 0.896 bits per heavy atom. The van der Waals surface area contributed by atoms with Crippen molar-refractivity contribution >= 4 is 79.8 Å². The number of carbonyl (C=O) groups excluding carboxylic acids is 4. The first kappa shape index (κ1) is 32.5. The smallest absolute Gasteiger partial charge is 0.254 e. The number of phenols is 1. The largest absolute Gasteiger partial charge is 0.508 e. The summed E-state index contributed by atoms with van der Waals surface area (Å²) in [6, 6.07) is 19.3. The lowest BCUT2D eigenvalue weighted by atomic mass is 9.56. The summed E-state index contributed by atoms with van der Waals surface area (Å²) >= 11 is 17.9. The topological polar surface area (TPSA) is 125 Å². The maximum atomic E-state index is 14.4. The quantitative estimate of drug-likeness (QED) is 0.129. The minimum atomic E-state index is -2.06. The third-order valence-corrected chi connectivity index (χ3v) is 11.9. The molecule has 2 N–H and O–H groups in total. The highest BCUT2D eigenvalue weighted by atomic mass is 79.9. The molecule has 248 valence electrons. The second kappa shape index (κ2) is 11.8. The molecule has 48 heavy (non-hydrogen) atoms. The number of amides is 4. The summed E-state index contributed by atoms with van der Waals surface area (Å²) < 4.78 is 11.3. The third-order valence-electron chi connectivity index (χ3n) is 10.0. The Morgan fingerprint density at radius 3 is 2.12 bits per heavy atom. The Hall–Kier alpha value is -4.06. The SMILES string of the molecule is COc1cc(O)cc(OC)c1C1C2=CCC3C(=O)N(c4ccc(Nc5ccccc5)cc4)C(=O)C3C2CC2(Cl)C(=O)N(CBr)C(=O)C12Cl. The normalized spacial score (nSPS) is 29.3. The fraction of sp³-hybridized carbons (Fsp3) is 0.314. The van der Waals surface area contributed by atoms with Crippen LogP contribution in [0, 0.1) is 17.8 Å². The first-order valence-corrected chi connectivity index (χ1v) is 17.1. The number of phenolic OH excluding ortho intramolecular Hbond substituents is 1. The van der Waals surface area contributed by atoms with Gasteiger partial charge in [0, 0.05) is 35.0 Å². The highest BCUT2D eigenvalue weighted by molar-refractivity contribution is 9.09. The van der Waals surface area contributed by atoms with Gasteiger partial charge < -0.3 is 19.9 Å². The van der Waals surface area contributed by atoms with E-state index in [0.717, 1.165) is 16.3 Å². The van der Waals surface area contributed by atoms with Gasteiger partial charge in [0.15, 0.2) is 9.75 Å². The number of benzene rings is 3. The molecule has 1 saturated carbocycles. The van der Waals surface area contributed by atoms with Crippen molar-refractivity contribution in [3.63, 3.8) is 0 Å². The number of nitrogens with one attached hydrogen (secondary N) is 1. The maximum absolute atomic E-state index is 14.4. The number of rotatable bonds is 7. The number of alkyl halides is 3. The summed E-state index contributed by atoms with van der Waals surface area (Å²) in [5, 5.41) is 13.7. The number of anilines is 3. The molecule has 6 unspecified atom stereocenters. The van der Waals surface area contributed by atoms with Gasteiger partial charge in [-0.1, -0.05) is 45.8 Å². The zero-order valence-electron chi connectivity index (χ0n) is 25.8. The van der Waals surface area contributed by atoms with Crippen LogP contribution in [0.3, 0.4) is 0 Å². The molecule has 3 aromatic rings. The molecule has 7 rings (SSSR count). The van der Waals surface area contributed by atoms with Crippen LogP contribution in [0.4, 0.5) is 17.1 Å². The lowest BCUT2D eigenvalue weighted by Crippen LogP contribution is -2.60. The molecule has 0 spiro atoms. The van der Waals surface area contributed by atoms with Crippen LogP contribution in [-0.2, 0) is 19.2 Å². The van der Waals surface area contributed by atoms with Crippen LogP contribution in [0.1, 0.15) is 24.3 Å². The van der Waals surface area contributed by atoms with Crippen molar-refractivity contribution in [3.05, 3.63) is 83.9 Å². The van der Waals surface area contributed by atoms with E-state index in [-0.39, 0.29) is 41.5 Å². The first-order valence-electron chi connectivity index (χ1n) is 15.2. The highest BCUT2D eigenvalue weighted by Gasteiger charge is 2.76. The lowest BCUT2D eigenvalue weighted by Gasteiger charge is -2.51. The second-order valence-corrected chi connectivity index (χ2v) is 14.0. The van der Waals surface area contributed by atoms with E-state index in [1.165, 1.54) is 31.3 Å². The number of allylic oxidation sites excluding steroid dienone is 2. The van der Waals surface area contributed by atoms with E-state index in [1.54, 1.807) is 24.3 Å². The summed E-state index contributed by atoms with van der Waals surface area (Å²) in [6.45, 7) is 0. The van der Waals surface area contributed by atoms with Crippen LogP contribution in [0.5, 0.6) is 17.2 Å². The van der Waals surface area contributed by atoms with E-state index in [4.69, 9.17) is 32.7 Å². The molecule has 0 radical (unpaired) electrons. The molecule has 2 heterocycles. The fourth-order valence-corrected chi connectivity index (χ4v) is 9.33. The number of carbonyl (C=O) groups is 4. The van der Waals surface area contributed by atoms with Crippen molar-refractivity contribution in [2.24, 2.45) is 17.8 Å². The Bertz CT molecular complexity index is 1870. The summed E-state index contributed by atoms with van der Waals surface area (Å²) in [5.41, 5.74) is 2.80. The van der Waals surface area contributed by atoms with Gasteiger partial charge in [-0.05, 0) is 55.2 Å². The monoisotopic (exact) mass is 753 g/mol. The van der Waals surface area contributed by atoms with Crippen molar-refractivity contribution < 1.29 is 33.8 Å². The maximum Gasteiger partial charge on any atom is 0.254 e. The molecular formula is C35H30BrCl2N3O7. The average Bonchev–Trinajstić information content (AvgIpc) is 3.42. The number of para-hydroxylation sites is 1. The number of hydrogen-bond acceptors (Lipinski definition) is 8. The average molecular weight is 755 g/mol. The number of methoxy groups -OCH3 is 2. The molecule has 2 aliphatic carbocycles. The molecule has 4 aliphatic rings. The molecule has 0 bridgehead atoms. The molecule has 3 fully saturated rings. The van der Waals surface area contributed by atoms with Crippen LogP contribution in [0.2, 0.25) is 0 Å². The van der Waals surface area contributed by atoms with Gasteiger partial charge in [0.2, 0.25) is 11.8 Å². The van der Waals surface area contributed by atoms with E-state index < -0.39 is 51.1 Å². The standard InChI is InChI=1S/C35H30BrCl2N3O7/c1-47-25-14-21(42)15-26(48-2)28(25)29-22-12-13-23-27(24(22)16-34(37)32(45)40(17-36)33(46)35(29,34)38)31(44)41(30(23)43)20-10-8-19(9-11-20)39-18-6-4-3-5-7-18/h3-12,14-15,23-24,27,29,39,42H,13,16-17H2,1-2H3. The van der Waals surface area contributed by atoms with Gasteiger partial charge in [0.1, 0.15) is 17.2 Å². The number of nitrogens with zero attached hydrogens (tertiary/aromatic N) is 2. The Labute approximate surface area is 294 Å². The molecule has 4 amide bonds. The Morgan fingerprint density at radius 2 is 1.52 bits per heavy atom. The number of likely N-dealkylation sites (tertiary alicyclic amines) is 1. The molecule has 3 aromatic carbocycles. The van der Waals surface area contributed by atoms with E-state index in [9.17, 15) is 24.3 Å². The third kappa shape index (κ3) is 4.50. The van der Waals surface area contributed by atoms with Gasteiger partial charge in [-0.25, -0.2) is 0 Å². The summed E-state index contributed by atoms with van der Waals surface area (Å²) in [4.78, 5) is 54.6. The summed E-state index contributed by atoms with van der Waals surface area (Å²) in [7, 11) is 2.78. The summed E-state index contributed by atoms with van der Waals surface area (Å²) in [5.74, 6) is -5.54. The van der Waals surface area contributed by atoms with Crippen LogP contribution < -0.4 is 19.7 Å². The summed E-state index contributed by atoms with van der Waals surface area (Å²) in [6.07, 6.45) is 1.86. The lowest BCUT2D eigenvalue weighted by molar-refractivity contribution is -0.138. The molecule has 0 aromatic heterocycles. The minimum Gasteiger partial charge on any atom is -0.508 e. The Balaban J connectivity index is 1.32. The number of hydrogen-bond donors (Lipinski definition) is 2. The van der Waals surface area contributed by atoms with Crippen LogP contribution in [0.25, 0.3) is 0 Å². The molecule has 6 atom stereocenters. The fourth-order valence-electron chi connectivity index (χ4n) is 7.92. The van der Waals surface area contributed by atoms with E-state index in [1.807, 2.05) is 36.4 Å². The Kier molecular flexibility index (Phi) is 8.00. The molecule has 13 heteroatoms. The number of ether oxygens (including phenoxy) is 2. The minimum absolute atomic E-state index is 0.150. The molecule has 2 aliphatic heterocycles. The van der Waals surface area contributed by atoms with Crippen molar-refractivity contribution in [1.82, 2.24) is 4.90 Å². The van der Waals surface area contributed by atoms with Gasteiger partial charge in [0.05, 0.1) is 37.2 Å². The first-order chi connectivity index (χ1) is 23.0.